The van der Waals surface area contributed by atoms with Gasteiger partial charge >= 0.3 is 0 Å². The zero-order chi connectivity index (χ0) is 13.8. The summed E-state index contributed by atoms with van der Waals surface area (Å²) >= 11 is 18.5. The maximum absolute atomic E-state index is 6.51. The van der Waals surface area contributed by atoms with Crippen molar-refractivity contribution < 1.29 is 0 Å². The lowest BCUT2D eigenvalue weighted by Crippen LogP contribution is -2.27. The fraction of sp³-hybridized carbons (Fsp3) is 0.625. The van der Waals surface area contributed by atoms with Crippen molar-refractivity contribution in [3.05, 3.63) is 33.8 Å². The van der Waals surface area contributed by atoms with Gasteiger partial charge in [-0.2, -0.15) is 0 Å². The number of hydrogen-bond donors (Lipinski definition) is 0. The summed E-state index contributed by atoms with van der Waals surface area (Å²) in [4.78, 5) is 0. The molecule has 0 saturated heterocycles. The van der Waals surface area contributed by atoms with Crippen LogP contribution < -0.4 is 0 Å². The first kappa shape index (κ1) is 15.5. The highest BCUT2D eigenvalue weighted by Crippen LogP contribution is 2.37. The second-order valence-electron chi connectivity index (χ2n) is 5.70. The average molecular weight is 320 g/mol. The monoisotopic (exact) mass is 318 g/mol. The molecule has 0 aromatic heterocycles. The zero-order valence-corrected chi connectivity index (χ0v) is 13.6. The molecule has 3 heteroatoms. The average Bonchev–Trinajstić information content (AvgIpc) is 2.38. The van der Waals surface area contributed by atoms with Crippen LogP contribution in [0.2, 0.25) is 10.0 Å². The molecule has 1 aromatic rings. The number of rotatable bonds is 4. The molecular weight excluding hydrogens is 299 g/mol. The van der Waals surface area contributed by atoms with Gasteiger partial charge in [-0.25, -0.2) is 0 Å². The Morgan fingerprint density at radius 3 is 2.63 bits per heavy atom. The normalized spacial score (nSPS) is 27.5. The Bertz CT molecular complexity index is 416. The summed E-state index contributed by atoms with van der Waals surface area (Å²) in [6.07, 6.45) is 7.32. The van der Waals surface area contributed by atoms with Crippen LogP contribution in [0.1, 0.15) is 44.6 Å². The first-order valence-electron chi connectivity index (χ1n) is 7.18. The van der Waals surface area contributed by atoms with Crippen molar-refractivity contribution in [1.82, 2.24) is 0 Å². The maximum Gasteiger partial charge on any atom is 0.0595 e. The van der Waals surface area contributed by atoms with Crippen LogP contribution in [-0.4, -0.2) is 5.38 Å². The van der Waals surface area contributed by atoms with Crippen LogP contribution >= 0.6 is 34.8 Å². The summed E-state index contributed by atoms with van der Waals surface area (Å²) in [5, 5.41) is 1.58. The van der Waals surface area contributed by atoms with Crippen molar-refractivity contribution in [2.24, 2.45) is 11.8 Å². The van der Waals surface area contributed by atoms with Crippen molar-refractivity contribution in [3.63, 3.8) is 0 Å². The molecule has 0 amide bonds. The minimum absolute atomic E-state index is 0.308. The summed E-state index contributed by atoms with van der Waals surface area (Å²) in [6.45, 7) is 2.26. The van der Waals surface area contributed by atoms with Gasteiger partial charge in [-0.05, 0) is 55.2 Å². The zero-order valence-electron chi connectivity index (χ0n) is 11.3. The smallest absolute Gasteiger partial charge is 0.0595 e. The van der Waals surface area contributed by atoms with E-state index < -0.39 is 0 Å². The number of halogens is 3. The van der Waals surface area contributed by atoms with Crippen LogP contribution in [0, 0.1) is 11.8 Å². The molecule has 0 nitrogen and oxygen atoms in total. The molecule has 1 fully saturated rings. The Hall–Kier alpha value is 0.0900. The van der Waals surface area contributed by atoms with Crippen LogP contribution in [0.15, 0.2) is 18.2 Å². The van der Waals surface area contributed by atoms with E-state index in [1.807, 2.05) is 12.1 Å². The first-order valence-corrected chi connectivity index (χ1v) is 8.37. The molecule has 1 saturated carbocycles. The van der Waals surface area contributed by atoms with Crippen LogP contribution in [0.3, 0.4) is 0 Å². The van der Waals surface area contributed by atoms with E-state index in [1.54, 1.807) is 0 Å². The molecule has 0 bridgehead atoms. The lowest BCUT2D eigenvalue weighted by Gasteiger charge is -2.33. The fourth-order valence-electron chi connectivity index (χ4n) is 3.18. The van der Waals surface area contributed by atoms with E-state index in [0.717, 1.165) is 18.8 Å². The van der Waals surface area contributed by atoms with Gasteiger partial charge in [-0.15, -0.1) is 11.6 Å². The van der Waals surface area contributed by atoms with Crippen LogP contribution in [0.4, 0.5) is 0 Å². The van der Waals surface area contributed by atoms with Gasteiger partial charge in [-0.1, -0.05) is 49.0 Å². The number of alkyl halides is 1. The summed E-state index contributed by atoms with van der Waals surface area (Å²) in [6, 6.07) is 5.94. The third kappa shape index (κ3) is 4.28. The van der Waals surface area contributed by atoms with E-state index in [-0.39, 0.29) is 0 Å². The van der Waals surface area contributed by atoms with Crippen LogP contribution in [0.25, 0.3) is 0 Å². The third-order valence-electron chi connectivity index (χ3n) is 4.18. The van der Waals surface area contributed by atoms with Gasteiger partial charge in [0.1, 0.15) is 0 Å². The van der Waals surface area contributed by atoms with Crippen molar-refractivity contribution in [3.8, 4) is 0 Å². The molecule has 19 heavy (non-hydrogen) atoms. The lowest BCUT2D eigenvalue weighted by molar-refractivity contribution is 0.257. The van der Waals surface area contributed by atoms with Crippen LogP contribution in [-0.2, 0) is 6.42 Å². The molecule has 106 valence electrons. The van der Waals surface area contributed by atoms with Crippen LogP contribution in [0.5, 0.6) is 0 Å². The minimum atomic E-state index is 0.308. The molecule has 1 aromatic carbocycles. The second kappa shape index (κ2) is 7.20. The molecule has 1 aliphatic carbocycles. The predicted molar refractivity (Wildman–Crippen MR) is 85.5 cm³/mol. The molecular formula is C16H21Cl3. The highest BCUT2D eigenvalue weighted by Gasteiger charge is 2.28. The SMILES string of the molecule is CCCC1CCC(Cl)C(Cc2ccc(Cl)c(Cl)c2)C1. The molecule has 1 aliphatic rings. The highest BCUT2D eigenvalue weighted by molar-refractivity contribution is 6.42. The minimum Gasteiger partial charge on any atom is -0.123 e. The van der Waals surface area contributed by atoms with Gasteiger partial charge in [-0.3, -0.25) is 0 Å². The Morgan fingerprint density at radius 2 is 1.95 bits per heavy atom. The summed E-state index contributed by atoms with van der Waals surface area (Å²) in [5.74, 6) is 1.43. The van der Waals surface area contributed by atoms with Gasteiger partial charge < -0.3 is 0 Å². The van der Waals surface area contributed by atoms with Gasteiger partial charge in [0.25, 0.3) is 0 Å². The Morgan fingerprint density at radius 1 is 1.16 bits per heavy atom. The Labute approximate surface area is 131 Å². The quantitative estimate of drug-likeness (QED) is 0.566. The molecule has 0 heterocycles. The molecule has 3 unspecified atom stereocenters. The van der Waals surface area contributed by atoms with E-state index in [0.29, 0.717) is 21.3 Å². The first-order chi connectivity index (χ1) is 9.10. The van der Waals surface area contributed by atoms with E-state index in [1.165, 1.54) is 31.2 Å². The number of benzene rings is 1. The summed E-state index contributed by atoms with van der Waals surface area (Å²) < 4.78 is 0. The topological polar surface area (TPSA) is 0 Å². The maximum atomic E-state index is 6.51. The molecule has 0 spiro atoms. The molecule has 0 aliphatic heterocycles. The Balaban J connectivity index is 2.01. The standard InChI is InChI=1S/C16H21Cl3/c1-2-3-11-4-6-14(17)13(8-11)9-12-5-7-15(18)16(19)10-12/h5,7,10-11,13-14H,2-4,6,8-9H2,1H3. The predicted octanol–water partition coefficient (Wildman–Crippen LogP) is 6.36. The number of hydrogen-bond acceptors (Lipinski definition) is 0. The van der Waals surface area contributed by atoms with Gasteiger partial charge in [0.05, 0.1) is 10.0 Å². The van der Waals surface area contributed by atoms with Gasteiger partial charge in [0, 0.05) is 5.38 Å². The van der Waals surface area contributed by atoms with E-state index in [9.17, 15) is 0 Å². The van der Waals surface area contributed by atoms with E-state index in [2.05, 4.69) is 13.0 Å². The second-order valence-corrected chi connectivity index (χ2v) is 7.07. The van der Waals surface area contributed by atoms with E-state index >= 15 is 0 Å². The lowest BCUT2D eigenvalue weighted by atomic mass is 9.76. The fourth-order valence-corrected chi connectivity index (χ4v) is 3.81. The molecule has 0 radical (unpaired) electrons. The third-order valence-corrected chi connectivity index (χ3v) is 5.49. The summed E-state index contributed by atoms with van der Waals surface area (Å²) in [7, 11) is 0. The summed E-state index contributed by atoms with van der Waals surface area (Å²) in [5.41, 5.74) is 1.25. The van der Waals surface area contributed by atoms with Crippen molar-refractivity contribution >= 4 is 34.8 Å². The van der Waals surface area contributed by atoms with Crippen molar-refractivity contribution in [2.45, 2.75) is 50.8 Å². The van der Waals surface area contributed by atoms with Crippen molar-refractivity contribution in [1.29, 1.82) is 0 Å². The largest absolute Gasteiger partial charge is 0.123 e. The Kier molecular flexibility index (Phi) is 5.87. The van der Waals surface area contributed by atoms with Gasteiger partial charge in [0.15, 0.2) is 0 Å². The molecule has 2 rings (SSSR count). The van der Waals surface area contributed by atoms with E-state index in [4.69, 9.17) is 34.8 Å². The molecule has 0 N–H and O–H groups in total. The van der Waals surface area contributed by atoms with Crippen molar-refractivity contribution in [2.75, 3.05) is 0 Å². The molecule has 3 atom stereocenters. The van der Waals surface area contributed by atoms with Gasteiger partial charge in [0.2, 0.25) is 0 Å². The highest BCUT2D eigenvalue weighted by atomic mass is 35.5.